The second-order valence-corrected chi connectivity index (χ2v) is 7.22. The molecule has 0 heterocycles. The fraction of sp³-hybridized carbons (Fsp3) is 0.750. The van der Waals surface area contributed by atoms with Gasteiger partial charge in [0, 0.05) is 27.1 Å². The quantitative estimate of drug-likeness (QED) is 0.0959. The first-order valence-electron chi connectivity index (χ1n) is 11.2. The summed E-state index contributed by atoms with van der Waals surface area (Å²) in [6.45, 7) is 0. The number of ether oxygens (including phenoxy) is 3. The molecule has 168 valence electrons. The Kier molecular flexibility index (Phi) is 22.0. The summed E-state index contributed by atoms with van der Waals surface area (Å²) in [6.07, 6.45) is 23.9. The summed E-state index contributed by atoms with van der Waals surface area (Å²) in [5.74, 6) is 0. The Balaban J connectivity index is 3.87. The molecule has 0 radical (unpaired) electrons. The minimum Gasteiger partial charge on any atom is -0.352 e. The highest BCUT2D eigenvalue weighted by molar-refractivity contribution is 5.49. The zero-order chi connectivity index (χ0) is 21.4. The van der Waals surface area contributed by atoms with Crippen molar-refractivity contribution in [3.05, 3.63) is 24.3 Å². The molecule has 0 N–H and O–H groups in total. The number of hydrogen-bond acceptors (Lipinski definition) is 5. The van der Waals surface area contributed by atoms with Crippen LogP contribution in [0.25, 0.3) is 0 Å². The predicted molar refractivity (Wildman–Crippen MR) is 118 cm³/mol. The van der Waals surface area contributed by atoms with Gasteiger partial charge in [-0.25, -0.2) is 0 Å². The average molecular weight is 411 g/mol. The third kappa shape index (κ3) is 19.8. The molecule has 0 aromatic heterocycles. The maximum atomic E-state index is 10.3. The summed E-state index contributed by atoms with van der Waals surface area (Å²) in [5.41, 5.74) is 0. The van der Waals surface area contributed by atoms with Crippen molar-refractivity contribution in [2.75, 3.05) is 14.2 Å². The van der Waals surface area contributed by atoms with E-state index in [0.29, 0.717) is 12.8 Å². The maximum Gasteiger partial charge on any atom is 0.179 e. The number of hydrogen-bond donors (Lipinski definition) is 0. The lowest BCUT2D eigenvalue weighted by molar-refractivity contribution is -0.188. The highest BCUT2D eigenvalue weighted by atomic mass is 16.8. The first-order chi connectivity index (χ1) is 14.3. The van der Waals surface area contributed by atoms with E-state index >= 15 is 0 Å². The average Bonchev–Trinajstić information content (AvgIpc) is 2.74. The number of methoxy groups -OCH3 is 2. The number of aldehydes is 2. The van der Waals surface area contributed by atoms with Crippen molar-refractivity contribution in [3.8, 4) is 0 Å². The highest BCUT2D eigenvalue weighted by Crippen LogP contribution is 2.10. The monoisotopic (exact) mass is 410 g/mol. The molecule has 5 nitrogen and oxygen atoms in total. The SMILES string of the molecule is COC(C=CCCCCCCCC=O)OC(C=CCCCCCCCC=O)OC. The molecule has 0 aliphatic heterocycles. The van der Waals surface area contributed by atoms with Crippen LogP contribution in [0.4, 0.5) is 0 Å². The third-order valence-corrected chi connectivity index (χ3v) is 4.70. The lowest BCUT2D eigenvalue weighted by atomic mass is 10.1. The fourth-order valence-corrected chi connectivity index (χ4v) is 2.95. The van der Waals surface area contributed by atoms with E-state index in [1.807, 2.05) is 12.2 Å². The van der Waals surface area contributed by atoms with Gasteiger partial charge in [-0.05, 0) is 50.7 Å². The van der Waals surface area contributed by atoms with Crippen molar-refractivity contribution in [2.45, 2.75) is 102 Å². The molecule has 0 fully saturated rings. The lowest BCUT2D eigenvalue weighted by Gasteiger charge is -2.18. The van der Waals surface area contributed by atoms with Crippen molar-refractivity contribution in [2.24, 2.45) is 0 Å². The van der Waals surface area contributed by atoms with E-state index in [1.165, 1.54) is 25.7 Å². The second kappa shape index (κ2) is 23.0. The van der Waals surface area contributed by atoms with E-state index in [1.54, 1.807) is 14.2 Å². The van der Waals surface area contributed by atoms with Crippen LogP contribution in [0.2, 0.25) is 0 Å². The van der Waals surface area contributed by atoms with Crippen molar-refractivity contribution in [1.29, 1.82) is 0 Å². The summed E-state index contributed by atoms with van der Waals surface area (Å²) in [7, 11) is 3.26. The Morgan fingerprint density at radius 3 is 1.24 bits per heavy atom. The largest absolute Gasteiger partial charge is 0.352 e. The number of allylic oxidation sites excluding steroid dienone is 2. The molecular weight excluding hydrogens is 368 g/mol. The summed E-state index contributed by atoms with van der Waals surface area (Å²) in [5, 5.41) is 0. The minimum atomic E-state index is -0.421. The van der Waals surface area contributed by atoms with Crippen molar-refractivity contribution in [3.63, 3.8) is 0 Å². The standard InChI is InChI=1S/C24H42O5/c1-27-23(19-15-11-7-3-5-9-13-17-21-25)29-24(28-2)20-16-12-8-4-6-10-14-18-22-26/h15-16,19-24H,3-14,17-18H2,1-2H3. The highest BCUT2D eigenvalue weighted by Gasteiger charge is 2.10. The van der Waals surface area contributed by atoms with Crippen LogP contribution in [0.15, 0.2) is 24.3 Å². The van der Waals surface area contributed by atoms with E-state index < -0.39 is 12.6 Å². The van der Waals surface area contributed by atoms with Gasteiger partial charge in [0.25, 0.3) is 0 Å². The van der Waals surface area contributed by atoms with Crippen LogP contribution in [0.1, 0.15) is 89.9 Å². The van der Waals surface area contributed by atoms with Crippen LogP contribution in [0.3, 0.4) is 0 Å². The van der Waals surface area contributed by atoms with E-state index in [4.69, 9.17) is 14.2 Å². The molecule has 0 aromatic rings. The van der Waals surface area contributed by atoms with Crippen LogP contribution in [-0.2, 0) is 23.8 Å². The molecule has 0 aliphatic rings. The Bertz CT molecular complexity index is 381. The van der Waals surface area contributed by atoms with Gasteiger partial charge in [-0.1, -0.05) is 50.7 Å². The molecule has 0 saturated heterocycles. The number of carbonyl (C=O) groups is 2. The van der Waals surface area contributed by atoms with Crippen molar-refractivity contribution < 1.29 is 23.8 Å². The zero-order valence-electron chi connectivity index (χ0n) is 18.6. The van der Waals surface area contributed by atoms with Crippen LogP contribution < -0.4 is 0 Å². The summed E-state index contributed by atoms with van der Waals surface area (Å²) >= 11 is 0. The van der Waals surface area contributed by atoms with E-state index in [2.05, 4.69) is 12.2 Å². The van der Waals surface area contributed by atoms with Gasteiger partial charge in [0.05, 0.1) is 0 Å². The van der Waals surface area contributed by atoms with E-state index in [0.717, 1.165) is 63.9 Å². The van der Waals surface area contributed by atoms with E-state index in [-0.39, 0.29) is 0 Å². The van der Waals surface area contributed by atoms with Gasteiger partial charge in [-0.15, -0.1) is 0 Å². The number of unbranched alkanes of at least 4 members (excludes halogenated alkanes) is 12. The molecule has 5 heteroatoms. The Morgan fingerprint density at radius 2 is 0.897 bits per heavy atom. The van der Waals surface area contributed by atoms with Crippen LogP contribution >= 0.6 is 0 Å². The van der Waals surface area contributed by atoms with Gasteiger partial charge >= 0.3 is 0 Å². The predicted octanol–water partition coefficient (Wildman–Crippen LogP) is 5.92. The molecule has 0 bridgehead atoms. The third-order valence-electron chi connectivity index (χ3n) is 4.70. The van der Waals surface area contributed by atoms with Crippen LogP contribution in [-0.4, -0.2) is 39.4 Å². The maximum absolute atomic E-state index is 10.3. The summed E-state index contributed by atoms with van der Waals surface area (Å²) in [4.78, 5) is 20.5. The number of rotatable bonds is 22. The Hall–Kier alpha value is -1.30. The molecule has 0 aliphatic carbocycles. The van der Waals surface area contributed by atoms with Crippen molar-refractivity contribution >= 4 is 12.6 Å². The topological polar surface area (TPSA) is 61.8 Å². The molecule has 29 heavy (non-hydrogen) atoms. The minimum absolute atomic E-state index is 0.421. The molecule has 0 rings (SSSR count). The molecule has 0 saturated carbocycles. The van der Waals surface area contributed by atoms with Crippen LogP contribution in [0, 0.1) is 0 Å². The molecular formula is C24H42O5. The van der Waals surface area contributed by atoms with Crippen molar-refractivity contribution in [1.82, 2.24) is 0 Å². The molecule has 0 aromatic carbocycles. The Labute approximate surface area is 177 Å². The van der Waals surface area contributed by atoms with Crippen LogP contribution in [0.5, 0.6) is 0 Å². The molecule has 2 unspecified atom stereocenters. The summed E-state index contributed by atoms with van der Waals surface area (Å²) in [6, 6.07) is 0. The molecule has 2 atom stereocenters. The first kappa shape index (κ1) is 27.7. The fourth-order valence-electron chi connectivity index (χ4n) is 2.95. The smallest absolute Gasteiger partial charge is 0.179 e. The van der Waals surface area contributed by atoms with Gasteiger partial charge in [0.1, 0.15) is 12.6 Å². The Morgan fingerprint density at radius 1 is 0.552 bits per heavy atom. The first-order valence-corrected chi connectivity index (χ1v) is 11.2. The van der Waals surface area contributed by atoms with Gasteiger partial charge in [-0.2, -0.15) is 0 Å². The second-order valence-electron chi connectivity index (χ2n) is 7.22. The van der Waals surface area contributed by atoms with E-state index in [9.17, 15) is 9.59 Å². The van der Waals surface area contributed by atoms with Gasteiger partial charge in [0.15, 0.2) is 12.6 Å². The normalized spacial score (nSPS) is 13.9. The number of carbonyl (C=O) groups excluding carboxylic acids is 2. The summed E-state index contributed by atoms with van der Waals surface area (Å²) < 4.78 is 16.5. The molecule has 0 amide bonds. The lowest BCUT2D eigenvalue weighted by Crippen LogP contribution is -2.22. The van der Waals surface area contributed by atoms with Gasteiger partial charge in [-0.3, -0.25) is 0 Å². The zero-order valence-corrected chi connectivity index (χ0v) is 18.6. The molecule has 0 spiro atoms. The van der Waals surface area contributed by atoms with Gasteiger partial charge in [0.2, 0.25) is 0 Å². The van der Waals surface area contributed by atoms with Gasteiger partial charge < -0.3 is 23.8 Å².